The van der Waals surface area contributed by atoms with Crippen molar-refractivity contribution in [2.24, 2.45) is 0 Å². The number of nitrogens with one attached hydrogen (secondary N) is 2. The fraction of sp³-hybridized carbons (Fsp3) is 0.316. The average molecular weight is 294 g/mol. The first-order chi connectivity index (χ1) is 10.8. The highest BCUT2D eigenvalue weighted by atomic mass is 16.2. The Bertz CT molecular complexity index is 652. The molecular formula is C19H22N2O. The summed E-state index contributed by atoms with van der Waals surface area (Å²) in [6.45, 7) is 2.08. The minimum Gasteiger partial charge on any atom is -0.331 e. The maximum Gasteiger partial charge on any atom is 0.319 e. The van der Waals surface area contributed by atoms with Gasteiger partial charge in [-0.1, -0.05) is 43.3 Å². The number of rotatable bonds is 4. The summed E-state index contributed by atoms with van der Waals surface area (Å²) >= 11 is 0. The molecule has 2 amide bonds. The Balaban J connectivity index is 1.64. The number of anilines is 1. The van der Waals surface area contributed by atoms with E-state index < -0.39 is 0 Å². The molecule has 1 aliphatic rings. The summed E-state index contributed by atoms with van der Waals surface area (Å²) < 4.78 is 0. The van der Waals surface area contributed by atoms with Gasteiger partial charge in [0.25, 0.3) is 0 Å². The van der Waals surface area contributed by atoms with Crippen molar-refractivity contribution in [3.63, 3.8) is 0 Å². The largest absolute Gasteiger partial charge is 0.331 e. The molecule has 22 heavy (non-hydrogen) atoms. The minimum absolute atomic E-state index is 0.0376. The predicted molar refractivity (Wildman–Crippen MR) is 90.1 cm³/mol. The van der Waals surface area contributed by atoms with Crippen LogP contribution in [0.1, 0.15) is 42.5 Å². The first-order valence-electron chi connectivity index (χ1n) is 8.00. The van der Waals surface area contributed by atoms with Crippen molar-refractivity contribution in [3.8, 4) is 0 Å². The Morgan fingerprint density at radius 2 is 1.86 bits per heavy atom. The van der Waals surface area contributed by atoms with E-state index in [2.05, 4.69) is 29.7 Å². The molecule has 2 N–H and O–H groups in total. The van der Waals surface area contributed by atoms with Gasteiger partial charge in [-0.05, 0) is 54.5 Å². The molecular weight excluding hydrogens is 272 g/mol. The van der Waals surface area contributed by atoms with E-state index in [4.69, 9.17) is 0 Å². The summed E-state index contributed by atoms with van der Waals surface area (Å²) in [5, 5.41) is 6.01. The summed E-state index contributed by atoms with van der Waals surface area (Å²) in [5.74, 6) is 0. The van der Waals surface area contributed by atoms with E-state index >= 15 is 0 Å². The Labute approximate surface area is 131 Å². The van der Waals surface area contributed by atoms with Crippen LogP contribution in [0.2, 0.25) is 0 Å². The highest BCUT2D eigenvalue weighted by molar-refractivity contribution is 5.89. The molecule has 0 radical (unpaired) electrons. The SMILES string of the molecule is CC[C@@H](NC(=O)Nc1ccc2c(c1)CCC2)c1ccccc1. The molecule has 0 fully saturated rings. The lowest BCUT2D eigenvalue weighted by molar-refractivity contribution is 0.248. The van der Waals surface area contributed by atoms with E-state index in [-0.39, 0.29) is 12.1 Å². The zero-order valence-electron chi connectivity index (χ0n) is 12.9. The molecule has 2 aromatic carbocycles. The highest BCUT2D eigenvalue weighted by Gasteiger charge is 2.14. The van der Waals surface area contributed by atoms with Crippen molar-refractivity contribution in [2.45, 2.75) is 38.6 Å². The van der Waals surface area contributed by atoms with E-state index in [0.29, 0.717) is 0 Å². The minimum atomic E-state index is -0.145. The predicted octanol–water partition coefficient (Wildman–Crippen LogP) is 4.45. The lowest BCUT2D eigenvalue weighted by Crippen LogP contribution is -2.32. The standard InChI is InChI=1S/C19H22N2O/c1-2-18(15-7-4-3-5-8-15)21-19(22)20-17-12-11-14-9-6-10-16(14)13-17/h3-5,7-8,11-13,18H,2,6,9-10H2,1H3,(H2,20,21,22)/t18-/m1/s1. The van der Waals surface area contributed by atoms with Crippen molar-refractivity contribution in [3.05, 3.63) is 65.2 Å². The van der Waals surface area contributed by atoms with Gasteiger partial charge in [0.1, 0.15) is 0 Å². The Morgan fingerprint density at radius 3 is 2.64 bits per heavy atom. The molecule has 0 bridgehead atoms. The first kappa shape index (κ1) is 14.6. The topological polar surface area (TPSA) is 41.1 Å². The van der Waals surface area contributed by atoms with Crippen LogP contribution in [0.25, 0.3) is 0 Å². The number of hydrogen-bond acceptors (Lipinski definition) is 1. The quantitative estimate of drug-likeness (QED) is 0.859. The third-order valence-corrected chi connectivity index (χ3v) is 4.27. The molecule has 3 nitrogen and oxygen atoms in total. The van der Waals surface area contributed by atoms with Crippen molar-refractivity contribution < 1.29 is 4.79 Å². The highest BCUT2D eigenvalue weighted by Crippen LogP contribution is 2.25. The lowest BCUT2D eigenvalue weighted by Gasteiger charge is -2.18. The molecule has 1 aliphatic carbocycles. The van der Waals surface area contributed by atoms with Gasteiger partial charge in [-0.2, -0.15) is 0 Å². The molecule has 0 aromatic heterocycles. The van der Waals surface area contributed by atoms with Gasteiger partial charge < -0.3 is 10.6 Å². The number of carbonyl (C=O) groups excluding carboxylic acids is 1. The number of fused-ring (bicyclic) bond motifs is 1. The van der Waals surface area contributed by atoms with Crippen LogP contribution in [0.5, 0.6) is 0 Å². The van der Waals surface area contributed by atoms with Gasteiger partial charge >= 0.3 is 6.03 Å². The molecule has 1 atom stereocenters. The van der Waals surface area contributed by atoms with E-state index in [9.17, 15) is 4.79 Å². The van der Waals surface area contributed by atoms with Gasteiger partial charge in [0.2, 0.25) is 0 Å². The van der Waals surface area contributed by atoms with Crippen LogP contribution in [-0.2, 0) is 12.8 Å². The third-order valence-electron chi connectivity index (χ3n) is 4.27. The van der Waals surface area contributed by atoms with Crippen molar-refractivity contribution >= 4 is 11.7 Å². The van der Waals surface area contributed by atoms with Crippen LogP contribution in [0.15, 0.2) is 48.5 Å². The van der Waals surface area contributed by atoms with Crippen molar-refractivity contribution in [1.29, 1.82) is 0 Å². The van der Waals surface area contributed by atoms with Gasteiger partial charge in [0.05, 0.1) is 6.04 Å². The maximum atomic E-state index is 12.2. The second kappa shape index (κ2) is 6.65. The van der Waals surface area contributed by atoms with Gasteiger partial charge in [-0.15, -0.1) is 0 Å². The molecule has 114 valence electrons. The normalized spacial score (nSPS) is 14.2. The van der Waals surface area contributed by atoms with Crippen molar-refractivity contribution in [1.82, 2.24) is 5.32 Å². The number of benzene rings is 2. The van der Waals surface area contributed by atoms with E-state index in [0.717, 1.165) is 30.5 Å². The second-order valence-electron chi connectivity index (χ2n) is 5.81. The number of carbonyl (C=O) groups is 1. The van der Waals surface area contributed by atoms with Crippen LogP contribution >= 0.6 is 0 Å². The van der Waals surface area contributed by atoms with E-state index in [1.54, 1.807) is 0 Å². The molecule has 0 heterocycles. The number of hydrogen-bond donors (Lipinski definition) is 2. The monoisotopic (exact) mass is 294 g/mol. The van der Waals surface area contributed by atoms with Crippen LogP contribution in [0.3, 0.4) is 0 Å². The molecule has 3 heteroatoms. The van der Waals surface area contributed by atoms with Crippen LogP contribution in [0, 0.1) is 0 Å². The number of urea groups is 1. The zero-order chi connectivity index (χ0) is 15.4. The summed E-state index contributed by atoms with van der Waals surface area (Å²) in [6, 6.07) is 16.2. The van der Waals surface area contributed by atoms with E-state index in [1.807, 2.05) is 36.4 Å². The molecule has 0 saturated heterocycles. The Morgan fingerprint density at radius 1 is 1.09 bits per heavy atom. The fourth-order valence-electron chi connectivity index (χ4n) is 3.08. The summed E-state index contributed by atoms with van der Waals surface area (Å²) in [7, 11) is 0. The van der Waals surface area contributed by atoms with Gasteiger partial charge in [0, 0.05) is 5.69 Å². The van der Waals surface area contributed by atoms with Crippen molar-refractivity contribution in [2.75, 3.05) is 5.32 Å². The Kier molecular flexibility index (Phi) is 4.42. The number of amides is 2. The molecule has 0 spiro atoms. The first-order valence-corrected chi connectivity index (χ1v) is 8.00. The summed E-state index contributed by atoms with van der Waals surface area (Å²) in [4.78, 5) is 12.2. The van der Waals surface area contributed by atoms with Gasteiger partial charge in [0.15, 0.2) is 0 Å². The molecule has 0 unspecified atom stereocenters. The summed E-state index contributed by atoms with van der Waals surface area (Å²) in [5.41, 5.74) is 4.80. The zero-order valence-corrected chi connectivity index (χ0v) is 12.9. The van der Waals surface area contributed by atoms with Crippen LogP contribution in [-0.4, -0.2) is 6.03 Å². The fourth-order valence-corrected chi connectivity index (χ4v) is 3.08. The molecule has 0 aliphatic heterocycles. The third kappa shape index (κ3) is 3.30. The number of aryl methyl sites for hydroxylation is 2. The lowest BCUT2D eigenvalue weighted by atomic mass is 10.1. The van der Waals surface area contributed by atoms with Crippen LogP contribution < -0.4 is 10.6 Å². The summed E-state index contributed by atoms with van der Waals surface area (Å²) in [6.07, 6.45) is 4.36. The maximum absolute atomic E-state index is 12.2. The average Bonchev–Trinajstić information content (AvgIpc) is 3.01. The van der Waals surface area contributed by atoms with Crippen LogP contribution in [0.4, 0.5) is 10.5 Å². The molecule has 2 aromatic rings. The van der Waals surface area contributed by atoms with E-state index in [1.165, 1.54) is 17.5 Å². The molecule has 0 saturated carbocycles. The smallest absolute Gasteiger partial charge is 0.319 e. The Hall–Kier alpha value is -2.29. The molecule has 3 rings (SSSR count). The van der Waals surface area contributed by atoms with Gasteiger partial charge in [-0.3, -0.25) is 0 Å². The van der Waals surface area contributed by atoms with Gasteiger partial charge in [-0.25, -0.2) is 4.79 Å². The second-order valence-corrected chi connectivity index (χ2v) is 5.81.